The van der Waals surface area contributed by atoms with Gasteiger partial charge in [0, 0.05) is 6.04 Å². The number of hydrogen-bond donors (Lipinski definition) is 1. The van der Waals surface area contributed by atoms with Gasteiger partial charge in [-0.2, -0.15) is 0 Å². The summed E-state index contributed by atoms with van der Waals surface area (Å²) in [7, 11) is 2.32. The van der Waals surface area contributed by atoms with E-state index in [0.717, 1.165) is 24.4 Å². The highest BCUT2D eigenvalue weighted by atomic mass is 15.1. The fraction of sp³-hybridized carbons (Fsp3) is 1.00. The Hall–Kier alpha value is -0.0800. The van der Waals surface area contributed by atoms with Crippen molar-refractivity contribution in [1.82, 2.24) is 4.90 Å². The fourth-order valence-corrected chi connectivity index (χ4v) is 3.28. The fourth-order valence-electron chi connectivity index (χ4n) is 3.28. The van der Waals surface area contributed by atoms with E-state index >= 15 is 0 Å². The van der Waals surface area contributed by atoms with Crippen LogP contribution in [0, 0.1) is 11.8 Å². The predicted molar refractivity (Wildman–Crippen MR) is 64.8 cm³/mol. The van der Waals surface area contributed by atoms with Gasteiger partial charge in [-0.1, -0.05) is 12.8 Å². The van der Waals surface area contributed by atoms with Crippen molar-refractivity contribution in [2.75, 3.05) is 20.1 Å². The minimum absolute atomic E-state index is 0.837. The molecule has 2 atom stereocenters. The van der Waals surface area contributed by atoms with E-state index in [1.165, 1.54) is 51.5 Å². The third kappa shape index (κ3) is 2.94. The van der Waals surface area contributed by atoms with Gasteiger partial charge in [0.25, 0.3) is 0 Å². The maximum atomic E-state index is 5.77. The van der Waals surface area contributed by atoms with Crippen LogP contribution in [0.2, 0.25) is 0 Å². The molecule has 1 saturated carbocycles. The second-order valence-corrected chi connectivity index (χ2v) is 5.48. The van der Waals surface area contributed by atoms with Crippen LogP contribution in [-0.2, 0) is 0 Å². The van der Waals surface area contributed by atoms with Gasteiger partial charge in [-0.25, -0.2) is 0 Å². The minimum atomic E-state index is 0.837. The molecule has 2 rings (SSSR count). The maximum absolute atomic E-state index is 5.77. The summed E-state index contributed by atoms with van der Waals surface area (Å²) in [6.45, 7) is 2.18. The first-order chi connectivity index (χ1) is 7.33. The van der Waals surface area contributed by atoms with Crippen LogP contribution in [0.3, 0.4) is 0 Å². The van der Waals surface area contributed by atoms with Gasteiger partial charge in [0.1, 0.15) is 0 Å². The normalized spacial score (nSPS) is 31.2. The predicted octanol–water partition coefficient (Wildman–Crippen LogP) is 2.24. The highest BCUT2D eigenvalue weighted by Crippen LogP contribution is 2.42. The van der Waals surface area contributed by atoms with E-state index in [2.05, 4.69) is 11.9 Å². The molecular formula is C13H26N2. The average Bonchev–Trinajstić information content (AvgIpc) is 3.02. The maximum Gasteiger partial charge on any atom is 0.0124 e. The molecule has 2 N–H and O–H groups in total. The molecule has 1 saturated heterocycles. The summed E-state index contributed by atoms with van der Waals surface area (Å²) in [5.74, 6) is 1.91. The summed E-state index contributed by atoms with van der Waals surface area (Å²) >= 11 is 0. The van der Waals surface area contributed by atoms with Crippen LogP contribution in [0.25, 0.3) is 0 Å². The second-order valence-electron chi connectivity index (χ2n) is 5.48. The molecule has 0 bridgehead atoms. The summed E-state index contributed by atoms with van der Waals surface area (Å²) in [6, 6.07) is 0.837. The Morgan fingerprint density at radius 1 is 1.20 bits per heavy atom. The quantitative estimate of drug-likeness (QED) is 0.771. The molecular weight excluding hydrogens is 184 g/mol. The number of rotatable bonds is 4. The summed E-state index contributed by atoms with van der Waals surface area (Å²) in [6.07, 6.45) is 9.86. The third-order valence-corrected chi connectivity index (χ3v) is 4.30. The molecule has 2 nitrogen and oxygen atoms in total. The summed E-state index contributed by atoms with van der Waals surface area (Å²) in [4.78, 5) is 2.62. The lowest BCUT2D eigenvalue weighted by Crippen LogP contribution is -2.39. The highest BCUT2D eigenvalue weighted by Gasteiger charge is 2.37. The number of nitrogens with zero attached hydrogens (tertiary/aromatic N) is 1. The van der Waals surface area contributed by atoms with Crippen LogP contribution in [0.5, 0.6) is 0 Å². The zero-order valence-electron chi connectivity index (χ0n) is 10.1. The highest BCUT2D eigenvalue weighted by molar-refractivity contribution is 4.90. The zero-order valence-corrected chi connectivity index (χ0v) is 10.1. The molecule has 1 aliphatic carbocycles. The van der Waals surface area contributed by atoms with Crippen molar-refractivity contribution in [3.8, 4) is 0 Å². The first kappa shape index (κ1) is 11.4. The van der Waals surface area contributed by atoms with Gasteiger partial charge in [-0.15, -0.1) is 0 Å². The molecule has 0 radical (unpaired) electrons. The van der Waals surface area contributed by atoms with Crippen LogP contribution in [0.4, 0.5) is 0 Å². The molecule has 0 amide bonds. The van der Waals surface area contributed by atoms with Crippen molar-refractivity contribution in [2.45, 2.75) is 51.0 Å². The van der Waals surface area contributed by atoms with E-state index in [1.807, 2.05) is 0 Å². The van der Waals surface area contributed by atoms with Gasteiger partial charge >= 0.3 is 0 Å². The molecule has 88 valence electrons. The summed E-state index contributed by atoms with van der Waals surface area (Å²) in [5.41, 5.74) is 5.77. The van der Waals surface area contributed by atoms with E-state index in [1.54, 1.807) is 0 Å². The van der Waals surface area contributed by atoms with E-state index in [4.69, 9.17) is 5.73 Å². The SMILES string of the molecule is CN1CCCCCC1C(CCN)C1CC1. The molecule has 2 unspecified atom stereocenters. The number of hydrogen-bond acceptors (Lipinski definition) is 2. The van der Waals surface area contributed by atoms with Crippen molar-refractivity contribution in [2.24, 2.45) is 17.6 Å². The Morgan fingerprint density at radius 3 is 2.67 bits per heavy atom. The number of likely N-dealkylation sites (tertiary alicyclic amines) is 1. The van der Waals surface area contributed by atoms with Crippen LogP contribution in [-0.4, -0.2) is 31.1 Å². The van der Waals surface area contributed by atoms with Crippen molar-refractivity contribution in [3.63, 3.8) is 0 Å². The van der Waals surface area contributed by atoms with Crippen molar-refractivity contribution >= 4 is 0 Å². The monoisotopic (exact) mass is 210 g/mol. The zero-order chi connectivity index (χ0) is 10.7. The Labute approximate surface area is 94.2 Å². The molecule has 2 heteroatoms. The van der Waals surface area contributed by atoms with E-state index < -0.39 is 0 Å². The average molecular weight is 210 g/mol. The summed E-state index contributed by atoms with van der Waals surface area (Å²) < 4.78 is 0. The second kappa shape index (κ2) is 5.31. The Morgan fingerprint density at radius 2 is 2.00 bits per heavy atom. The molecule has 1 heterocycles. The van der Waals surface area contributed by atoms with Gasteiger partial charge in [0.2, 0.25) is 0 Å². The topological polar surface area (TPSA) is 29.3 Å². The van der Waals surface area contributed by atoms with Crippen molar-refractivity contribution in [1.29, 1.82) is 0 Å². The molecule has 0 aromatic rings. The van der Waals surface area contributed by atoms with Gasteiger partial charge in [-0.05, 0) is 64.1 Å². The molecule has 0 aromatic heterocycles. The van der Waals surface area contributed by atoms with Crippen LogP contribution in [0.15, 0.2) is 0 Å². The van der Waals surface area contributed by atoms with Crippen LogP contribution in [0.1, 0.15) is 44.9 Å². The van der Waals surface area contributed by atoms with E-state index in [0.29, 0.717) is 0 Å². The molecule has 2 fully saturated rings. The van der Waals surface area contributed by atoms with Gasteiger partial charge in [0.15, 0.2) is 0 Å². The third-order valence-electron chi connectivity index (χ3n) is 4.30. The lowest BCUT2D eigenvalue weighted by atomic mass is 9.87. The first-order valence-corrected chi connectivity index (χ1v) is 6.73. The summed E-state index contributed by atoms with van der Waals surface area (Å²) in [5, 5.41) is 0. The minimum Gasteiger partial charge on any atom is -0.330 e. The first-order valence-electron chi connectivity index (χ1n) is 6.73. The van der Waals surface area contributed by atoms with Crippen LogP contribution < -0.4 is 5.73 Å². The Kier molecular flexibility index (Phi) is 4.04. The molecule has 0 spiro atoms. The Balaban J connectivity index is 1.96. The standard InChI is InChI=1S/C13H26N2/c1-15-10-4-2-3-5-13(15)12(8-9-14)11-6-7-11/h11-13H,2-10,14H2,1H3. The van der Waals surface area contributed by atoms with Gasteiger partial charge < -0.3 is 10.6 Å². The van der Waals surface area contributed by atoms with Crippen molar-refractivity contribution in [3.05, 3.63) is 0 Å². The van der Waals surface area contributed by atoms with Gasteiger partial charge in [-0.3, -0.25) is 0 Å². The van der Waals surface area contributed by atoms with E-state index in [-0.39, 0.29) is 0 Å². The van der Waals surface area contributed by atoms with Crippen molar-refractivity contribution < 1.29 is 0 Å². The smallest absolute Gasteiger partial charge is 0.0124 e. The van der Waals surface area contributed by atoms with E-state index in [9.17, 15) is 0 Å². The molecule has 2 aliphatic rings. The van der Waals surface area contributed by atoms with Gasteiger partial charge in [0.05, 0.1) is 0 Å². The largest absolute Gasteiger partial charge is 0.330 e. The number of nitrogens with two attached hydrogens (primary N) is 1. The lowest BCUT2D eigenvalue weighted by molar-refractivity contribution is 0.155. The Bertz CT molecular complexity index is 189. The molecule has 0 aromatic carbocycles. The van der Waals surface area contributed by atoms with Crippen LogP contribution >= 0.6 is 0 Å². The lowest BCUT2D eigenvalue weighted by Gasteiger charge is -2.33. The molecule has 1 aliphatic heterocycles. The molecule has 15 heavy (non-hydrogen) atoms.